The van der Waals surface area contributed by atoms with Gasteiger partial charge in [-0.2, -0.15) is 0 Å². The topological polar surface area (TPSA) is 41.8 Å². The van der Waals surface area contributed by atoms with E-state index in [4.69, 9.17) is 4.74 Å². The second-order valence-electron chi connectivity index (χ2n) is 4.42. The summed E-state index contributed by atoms with van der Waals surface area (Å²) in [6, 6.07) is 13.0. The molecular weight excluding hydrogens is 238 g/mol. The van der Waals surface area contributed by atoms with E-state index in [2.05, 4.69) is 4.99 Å². The Morgan fingerprint density at radius 1 is 1.11 bits per heavy atom. The highest BCUT2D eigenvalue weighted by Gasteiger charge is 2.05. The molecule has 0 radical (unpaired) electrons. The van der Waals surface area contributed by atoms with Crippen LogP contribution in [0.5, 0.6) is 11.5 Å². The molecule has 0 aliphatic rings. The zero-order chi connectivity index (χ0) is 13.8. The van der Waals surface area contributed by atoms with E-state index in [9.17, 15) is 5.11 Å². The summed E-state index contributed by atoms with van der Waals surface area (Å²) in [4.78, 5) is 4.51. The lowest BCUT2D eigenvalue weighted by molar-refractivity contribution is 0.415. The lowest BCUT2D eigenvalue weighted by Crippen LogP contribution is -1.95. The molecule has 0 heterocycles. The number of hydrogen-bond acceptors (Lipinski definition) is 3. The zero-order valence-corrected chi connectivity index (χ0v) is 11.3. The third-order valence-electron chi connectivity index (χ3n) is 2.91. The molecule has 0 aliphatic carbocycles. The number of aliphatic imine (C=N–C) groups is 1. The molecule has 0 amide bonds. The molecule has 2 rings (SSSR count). The second-order valence-corrected chi connectivity index (χ2v) is 4.42. The monoisotopic (exact) mass is 255 g/mol. The van der Waals surface area contributed by atoms with Crippen molar-refractivity contribution >= 4 is 11.4 Å². The summed E-state index contributed by atoms with van der Waals surface area (Å²) in [6.07, 6.45) is 0. The molecule has 0 unspecified atom stereocenters. The molecule has 1 N–H and O–H groups in total. The van der Waals surface area contributed by atoms with Crippen molar-refractivity contribution in [3.8, 4) is 11.5 Å². The fourth-order valence-electron chi connectivity index (χ4n) is 1.85. The van der Waals surface area contributed by atoms with Gasteiger partial charge in [0.25, 0.3) is 0 Å². The van der Waals surface area contributed by atoms with Gasteiger partial charge in [-0.05, 0) is 50.2 Å². The maximum Gasteiger partial charge on any atom is 0.124 e. The summed E-state index contributed by atoms with van der Waals surface area (Å²) in [5.41, 5.74) is 3.47. The van der Waals surface area contributed by atoms with Gasteiger partial charge in [-0.1, -0.05) is 11.6 Å². The highest BCUT2D eigenvalue weighted by atomic mass is 16.5. The summed E-state index contributed by atoms with van der Waals surface area (Å²) in [7, 11) is 1.63. The van der Waals surface area contributed by atoms with Gasteiger partial charge in [-0.3, -0.25) is 4.99 Å². The van der Waals surface area contributed by atoms with Crippen molar-refractivity contribution in [1.82, 2.24) is 0 Å². The van der Waals surface area contributed by atoms with Crippen molar-refractivity contribution in [2.24, 2.45) is 4.99 Å². The molecule has 0 saturated carbocycles. The largest absolute Gasteiger partial charge is 0.507 e. The van der Waals surface area contributed by atoms with Crippen molar-refractivity contribution in [3.63, 3.8) is 0 Å². The maximum absolute atomic E-state index is 9.86. The first-order chi connectivity index (χ1) is 9.10. The SMILES string of the molecule is COc1ccc(N=C(C)c2cc(C)ccc2O)cc1. The highest BCUT2D eigenvalue weighted by Crippen LogP contribution is 2.23. The van der Waals surface area contributed by atoms with E-state index in [1.807, 2.05) is 50.2 Å². The maximum atomic E-state index is 9.86. The number of phenols is 1. The van der Waals surface area contributed by atoms with Gasteiger partial charge in [0, 0.05) is 11.3 Å². The minimum atomic E-state index is 0.250. The Bertz CT molecular complexity index is 601. The summed E-state index contributed by atoms with van der Waals surface area (Å²) in [5, 5.41) is 9.86. The van der Waals surface area contributed by atoms with Gasteiger partial charge in [-0.15, -0.1) is 0 Å². The third-order valence-corrected chi connectivity index (χ3v) is 2.91. The Hall–Kier alpha value is -2.29. The van der Waals surface area contributed by atoms with Crippen molar-refractivity contribution in [3.05, 3.63) is 53.6 Å². The summed E-state index contributed by atoms with van der Waals surface area (Å²) < 4.78 is 5.11. The number of nitrogens with zero attached hydrogens (tertiary/aromatic N) is 1. The predicted molar refractivity (Wildman–Crippen MR) is 77.7 cm³/mol. The molecule has 0 spiro atoms. The first kappa shape index (κ1) is 13.1. The fraction of sp³-hybridized carbons (Fsp3) is 0.188. The van der Waals surface area contributed by atoms with Gasteiger partial charge in [-0.25, -0.2) is 0 Å². The molecule has 0 atom stereocenters. The lowest BCUT2D eigenvalue weighted by Gasteiger charge is -2.06. The minimum absolute atomic E-state index is 0.250. The highest BCUT2D eigenvalue weighted by molar-refractivity contribution is 6.02. The average molecular weight is 255 g/mol. The first-order valence-corrected chi connectivity index (χ1v) is 6.09. The van der Waals surface area contributed by atoms with E-state index in [0.29, 0.717) is 0 Å². The van der Waals surface area contributed by atoms with Crippen LogP contribution >= 0.6 is 0 Å². The molecule has 3 heteroatoms. The Labute approximate surface area is 113 Å². The number of aryl methyl sites for hydroxylation is 1. The van der Waals surface area contributed by atoms with Crippen LogP contribution in [0.25, 0.3) is 0 Å². The number of benzene rings is 2. The van der Waals surface area contributed by atoms with Gasteiger partial charge in [0.2, 0.25) is 0 Å². The van der Waals surface area contributed by atoms with Gasteiger partial charge < -0.3 is 9.84 Å². The van der Waals surface area contributed by atoms with Gasteiger partial charge in [0.15, 0.2) is 0 Å². The van der Waals surface area contributed by atoms with E-state index < -0.39 is 0 Å². The van der Waals surface area contributed by atoms with E-state index in [1.54, 1.807) is 13.2 Å². The normalized spacial score (nSPS) is 11.4. The fourth-order valence-corrected chi connectivity index (χ4v) is 1.85. The van der Waals surface area contributed by atoms with E-state index in [0.717, 1.165) is 28.3 Å². The Balaban J connectivity index is 2.33. The molecule has 19 heavy (non-hydrogen) atoms. The van der Waals surface area contributed by atoms with Crippen LogP contribution in [0.4, 0.5) is 5.69 Å². The molecule has 3 nitrogen and oxygen atoms in total. The Kier molecular flexibility index (Phi) is 3.85. The van der Waals surface area contributed by atoms with E-state index in [-0.39, 0.29) is 5.75 Å². The Morgan fingerprint density at radius 3 is 2.42 bits per heavy atom. The quantitative estimate of drug-likeness (QED) is 0.846. The van der Waals surface area contributed by atoms with Crippen LogP contribution in [-0.4, -0.2) is 17.9 Å². The van der Waals surface area contributed by atoms with Crippen LogP contribution in [0.1, 0.15) is 18.1 Å². The van der Waals surface area contributed by atoms with Gasteiger partial charge in [0.05, 0.1) is 12.8 Å². The van der Waals surface area contributed by atoms with Gasteiger partial charge in [0.1, 0.15) is 11.5 Å². The molecule has 0 saturated heterocycles. The molecule has 2 aromatic carbocycles. The molecule has 2 aromatic rings. The lowest BCUT2D eigenvalue weighted by atomic mass is 10.1. The predicted octanol–water partition coefficient (Wildman–Crippen LogP) is 3.85. The molecule has 0 bridgehead atoms. The van der Waals surface area contributed by atoms with Crippen molar-refractivity contribution in [2.75, 3.05) is 7.11 Å². The van der Waals surface area contributed by atoms with Gasteiger partial charge >= 0.3 is 0 Å². The number of phenolic OH excluding ortho intramolecular Hbond substituents is 1. The van der Waals surface area contributed by atoms with Crippen molar-refractivity contribution in [2.45, 2.75) is 13.8 Å². The smallest absolute Gasteiger partial charge is 0.124 e. The number of aromatic hydroxyl groups is 1. The second kappa shape index (κ2) is 5.57. The van der Waals surface area contributed by atoms with Crippen LogP contribution < -0.4 is 4.74 Å². The van der Waals surface area contributed by atoms with E-state index in [1.165, 1.54) is 0 Å². The van der Waals surface area contributed by atoms with Crippen LogP contribution in [0.2, 0.25) is 0 Å². The molecule has 0 aliphatic heterocycles. The summed E-state index contributed by atoms with van der Waals surface area (Å²) in [5.74, 6) is 1.05. The number of hydrogen-bond donors (Lipinski definition) is 1. The number of methoxy groups -OCH3 is 1. The van der Waals surface area contributed by atoms with Crippen molar-refractivity contribution < 1.29 is 9.84 Å². The minimum Gasteiger partial charge on any atom is -0.507 e. The molecular formula is C16H17NO2. The van der Waals surface area contributed by atoms with Crippen molar-refractivity contribution in [1.29, 1.82) is 0 Å². The third kappa shape index (κ3) is 3.13. The standard InChI is InChI=1S/C16H17NO2/c1-11-4-9-16(18)15(10-11)12(2)17-13-5-7-14(19-3)8-6-13/h4-10,18H,1-3H3. The molecule has 98 valence electrons. The Morgan fingerprint density at radius 2 is 1.79 bits per heavy atom. The number of rotatable bonds is 3. The van der Waals surface area contributed by atoms with Crippen LogP contribution in [0.3, 0.4) is 0 Å². The van der Waals surface area contributed by atoms with Crippen LogP contribution in [-0.2, 0) is 0 Å². The summed E-state index contributed by atoms with van der Waals surface area (Å²) in [6.45, 7) is 3.88. The van der Waals surface area contributed by atoms with Crippen LogP contribution in [0.15, 0.2) is 47.5 Å². The first-order valence-electron chi connectivity index (χ1n) is 6.09. The number of ether oxygens (including phenoxy) is 1. The van der Waals surface area contributed by atoms with E-state index >= 15 is 0 Å². The molecule has 0 fully saturated rings. The van der Waals surface area contributed by atoms with Crippen LogP contribution in [0, 0.1) is 6.92 Å². The zero-order valence-electron chi connectivity index (χ0n) is 11.3. The molecule has 0 aromatic heterocycles. The average Bonchev–Trinajstić information content (AvgIpc) is 2.42. The summed E-state index contributed by atoms with van der Waals surface area (Å²) >= 11 is 0.